The molecular formula is C13H21N3O2. The zero-order chi connectivity index (χ0) is 13.4. The van der Waals surface area contributed by atoms with Crippen molar-refractivity contribution in [2.75, 3.05) is 38.4 Å². The molecule has 0 saturated carbocycles. The summed E-state index contributed by atoms with van der Waals surface area (Å²) >= 11 is 0. The van der Waals surface area contributed by atoms with Gasteiger partial charge in [0.1, 0.15) is 0 Å². The first-order valence-electron chi connectivity index (χ1n) is 6.03. The fourth-order valence-corrected chi connectivity index (χ4v) is 1.60. The number of rotatable bonds is 7. The van der Waals surface area contributed by atoms with Crippen LogP contribution in [0.15, 0.2) is 18.2 Å². The van der Waals surface area contributed by atoms with Crippen LogP contribution in [0.5, 0.6) is 0 Å². The number of ether oxygens (including phenoxy) is 1. The molecule has 0 saturated heterocycles. The van der Waals surface area contributed by atoms with Crippen LogP contribution in [0, 0.1) is 0 Å². The van der Waals surface area contributed by atoms with E-state index in [9.17, 15) is 4.79 Å². The van der Waals surface area contributed by atoms with Gasteiger partial charge in [-0.3, -0.25) is 4.79 Å². The van der Waals surface area contributed by atoms with Gasteiger partial charge >= 0.3 is 0 Å². The van der Waals surface area contributed by atoms with Crippen LogP contribution in [-0.4, -0.2) is 33.2 Å². The lowest BCUT2D eigenvalue weighted by atomic mass is 10.1. The maximum Gasteiger partial charge on any atom is 0.251 e. The smallest absolute Gasteiger partial charge is 0.251 e. The van der Waals surface area contributed by atoms with E-state index in [1.807, 2.05) is 6.07 Å². The first kappa shape index (κ1) is 14.3. The fraction of sp³-hybridized carbons (Fsp3) is 0.462. The van der Waals surface area contributed by atoms with Crippen LogP contribution in [0.2, 0.25) is 0 Å². The van der Waals surface area contributed by atoms with Crippen molar-refractivity contribution in [1.82, 2.24) is 5.32 Å². The monoisotopic (exact) mass is 251 g/mol. The Morgan fingerprint density at radius 1 is 1.39 bits per heavy atom. The van der Waals surface area contributed by atoms with Gasteiger partial charge in [0.15, 0.2) is 0 Å². The summed E-state index contributed by atoms with van der Waals surface area (Å²) < 4.78 is 4.98. The Hall–Kier alpha value is -1.75. The molecule has 5 heteroatoms. The Labute approximate surface area is 108 Å². The van der Waals surface area contributed by atoms with E-state index in [2.05, 4.69) is 10.6 Å². The molecule has 100 valence electrons. The van der Waals surface area contributed by atoms with E-state index in [4.69, 9.17) is 10.5 Å². The number of benzene rings is 1. The van der Waals surface area contributed by atoms with Gasteiger partial charge in [-0.1, -0.05) is 0 Å². The number of nitrogens with one attached hydrogen (secondary N) is 2. The normalized spacial score (nSPS) is 10.1. The molecule has 1 amide bonds. The lowest BCUT2D eigenvalue weighted by molar-refractivity contribution is 0.0963. The van der Waals surface area contributed by atoms with E-state index in [1.165, 1.54) is 0 Å². The van der Waals surface area contributed by atoms with Crippen molar-refractivity contribution in [2.45, 2.75) is 12.8 Å². The third kappa shape index (κ3) is 4.25. The first-order chi connectivity index (χ1) is 8.69. The third-order valence-electron chi connectivity index (χ3n) is 2.63. The minimum atomic E-state index is -0.131. The highest BCUT2D eigenvalue weighted by Crippen LogP contribution is 2.19. The molecule has 0 atom stereocenters. The quantitative estimate of drug-likeness (QED) is 0.506. The number of unbranched alkanes of at least 4 members (excludes halogenated alkanes) is 1. The minimum Gasteiger partial charge on any atom is -0.397 e. The molecule has 1 rings (SSSR count). The van der Waals surface area contributed by atoms with Crippen LogP contribution in [-0.2, 0) is 4.74 Å². The van der Waals surface area contributed by atoms with Gasteiger partial charge in [0.25, 0.3) is 5.91 Å². The molecule has 0 aliphatic carbocycles. The standard InChI is InChI=1S/C13H21N3O2/c1-15-13(17)10-5-6-12(11(14)9-10)16-7-3-4-8-18-2/h5-6,9,16H,3-4,7-8,14H2,1-2H3,(H,15,17). The van der Waals surface area contributed by atoms with Crippen molar-refractivity contribution in [3.05, 3.63) is 23.8 Å². The number of nitrogen functional groups attached to an aromatic ring is 1. The van der Waals surface area contributed by atoms with Crippen molar-refractivity contribution in [1.29, 1.82) is 0 Å². The van der Waals surface area contributed by atoms with Crippen LogP contribution in [0.1, 0.15) is 23.2 Å². The van der Waals surface area contributed by atoms with E-state index in [-0.39, 0.29) is 5.91 Å². The molecule has 1 aromatic carbocycles. The Morgan fingerprint density at radius 3 is 2.78 bits per heavy atom. The average Bonchev–Trinajstić information content (AvgIpc) is 2.39. The summed E-state index contributed by atoms with van der Waals surface area (Å²) in [5.74, 6) is -0.131. The number of methoxy groups -OCH3 is 1. The second kappa shape index (κ2) is 7.55. The topological polar surface area (TPSA) is 76.4 Å². The molecule has 5 nitrogen and oxygen atoms in total. The van der Waals surface area contributed by atoms with Gasteiger partial charge in [-0.25, -0.2) is 0 Å². The van der Waals surface area contributed by atoms with Crippen molar-refractivity contribution in [3.63, 3.8) is 0 Å². The van der Waals surface area contributed by atoms with Crippen molar-refractivity contribution in [2.24, 2.45) is 0 Å². The highest BCUT2D eigenvalue weighted by Gasteiger charge is 2.05. The lowest BCUT2D eigenvalue weighted by Gasteiger charge is -2.10. The maximum atomic E-state index is 11.4. The summed E-state index contributed by atoms with van der Waals surface area (Å²) in [4.78, 5) is 11.4. The summed E-state index contributed by atoms with van der Waals surface area (Å²) in [6.07, 6.45) is 2.03. The SMILES string of the molecule is CNC(=O)c1ccc(NCCCCOC)c(N)c1. The number of carbonyl (C=O) groups excluding carboxylic acids is 1. The number of nitrogens with two attached hydrogens (primary N) is 1. The van der Waals surface area contributed by atoms with Gasteiger partial charge in [-0.2, -0.15) is 0 Å². The molecule has 0 radical (unpaired) electrons. The maximum absolute atomic E-state index is 11.4. The zero-order valence-corrected chi connectivity index (χ0v) is 11.0. The third-order valence-corrected chi connectivity index (χ3v) is 2.63. The van der Waals surface area contributed by atoms with Gasteiger partial charge in [0, 0.05) is 32.9 Å². The highest BCUT2D eigenvalue weighted by atomic mass is 16.5. The first-order valence-corrected chi connectivity index (χ1v) is 6.03. The van der Waals surface area contributed by atoms with E-state index in [0.29, 0.717) is 11.3 Å². The van der Waals surface area contributed by atoms with Gasteiger partial charge in [-0.15, -0.1) is 0 Å². The fourth-order valence-electron chi connectivity index (χ4n) is 1.60. The zero-order valence-electron chi connectivity index (χ0n) is 11.0. The summed E-state index contributed by atoms with van der Waals surface area (Å²) in [6.45, 7) is 1.61. The Morgan fingerprint density at radius 2 is 2.17 bits per heavy atom. The predicted molar refractivity (Wildman–Crippen MR) is 73.8 cm³/mol. The summed E-state index contributed by atoms with van der Waals surface area (Å²) in [6, 6.07) is 5.26. The molecule has 18 heavy (non-hydrogen) atoms. The number of amides is 1. The average molecular weight is 251 g/mol. The molecule has 0 spiro atoms. The molecular weight excluding hydrogens is 230 g/mol. The van der Waals surface area contributed by atoms with Crippen LogP contribution in [0.4, 0.5) is 11.4 Å². The van der Waals surface area contributed by atoms with E-state index < -0.39 is 0 Å². The highest BCUT2D eigenvalue weighted by molar-refractivity contribution is 5.95. The molecule has 4 N–H and O–H groups in total. The molecule has 1 aromatic rings. The van der Waals surface area contributed by atoms with Crippen molar-refractivity contribution < 1.29 is 9.53 Å². The number of hydrogen-bond donors (Lipinski definition) is 3. The van der Waals surface area contributed by atoms with Crippen LogP contribution in [0.3, 0.4) is 0 Å². The van der Waals surface area contributed by atoms with Crippen LogP contribution < -0.4 is 16.4 Å². The number of anilines is 2. The minimum absolute atomic E-state index is 0.131. The molecule has 0 bridgehead atoms. The lowest BCUT2D eigenvalue weighted by Crippen LogP contribution is -2.18. The van der Waals surface area contributed by atoms with Crippen molar-refractivity contribution >= 4 is 17.3 Å². The molecule has 0 fully saturated rings. The van der Waals surface area contributed by atoms with Crippen LogP contribution in [0.25, 0.3) is 0 Å². The van der Waals surface area contributed by atoms with E-state index in [1.54, 1.807) is 26.3 Å². The number of carbonyl (C=O) groups is 1. The largest absolute Gasteiger partial charge is 0.397 e. The van der Waals surface area contributed by atoms with Gasteiger partial charge in [-0.05, 0) is 31.0 Å². The predicted octanol–water partition coefficient (Wildman–Crippen LogP) is 1.47. The molecule has 0 aromatic heterocycles. The molecule has 0 heterocycles. The summed E-state index contributed by atoms with van der Waals surface area (Å²) in [7, 11) is 3.30. The van der Waals surface area contributed by atoms with Gasteiger partial charge in [0.2, 0.25) is 0 Å². The molecule has 0 aliphatic heterocycles. The van der Waals surface area contributed by atoms with Crippen molar-refractivity contribution in [3.8, 4) is 0 Å². The molecule has 0 unspecified atom stereocenters. The Balaban J connectivity index is 2.49. The Bertz CT molecular complexity index is 394. The summed E-state index contributed by atoms with van der Waals surface area (Å²) in [5, 5.41) is 5.81. The van der Waals surface area contributed by atoms with Crippen LogP contribution >= 0.6 is 0 Å². The van der Waals surface area contributed by atoms with Gasteiger partial charge in [0.05, 0.1) is 11.4 Å². The van der Waals surface area contributed by atoms with E-state index in [0.717, 1.165) is 31.7 Å². The molecule has 0 aliphatic rings. The summed E-state index contributed by atoms with van der Waals surface area (Å²) in [5.41, 5.74) is 7.90. The number of hydrogen-bond acceptors (Lipinski definition) is 4. The second-order valence-corrected chi connectivity index (χ2v) is 4.01. The van der Waals surface area contributed by atoms with Gasteiger partial charge < -0.3 is 21.1 Å². The van der Waals surface area contributed by atoms with E-state index >= 15 is 0 Å². The second-order valence-electron chi connectivity index (χ2n) is 4.01. The Kier molecular flexibility index (Phi) is 6.00.